The summed E-state index contributed by atoms with van der Waals surface area (Å²) in [5.74, 6) is -0.328. The Labute approximate surface area is 183 Å². The molecule has 7 heteroatoms. The molecule has 1 aromatic heterocycles. The molecule has 5 nitrogen and oxygen atoms in total. The van der Waals surface area contributed by atoms with E-state index in [0.717, 1.165) is 11.1 Å². The number of esters is 1. The van der Waals surface area contributed by atoms with Crippen LogP contribution in [0.15, 0.2) is 65.4 Å². The third-order valence-electron chi connectivity index (χ3n) is 4.15. The second-order valence-corrected chi connectivity index (χ2v) is 8.57. The maximum Gasteiger partial charge on any atom is 0.329 e. The van der Waals surface area contributed by atoms with E-state index in [1.807, 2.05) is 51.1 Å². The fourth-order valence-electron chi connectivity index (χ4n) is 2.80. The van der Waals surface area contributed by atoms with Gasteiger partial charge in [-0.25, -0.2) is 19.2 Å². The minimum absolute atomic E-state index is 0.309. The average molecular weight is 472 g/mol. The molecule has 1 heterocycles. The summed E-state index contributed by atoms with van der Waals surface area (Å²) in [5, 5.41) is 3.12. The topological polar surface area (TPSA) is 64.1 Å². The lowest BCUT2D eigenvalue weighted by molar-refractivity contribution is -0.155. The van der Waals surface area contributed by atoms with Crippen molar-refractivity contribution in [2.45, 2.75) is 38.8 Å². The minimum atomic E-state index is -0.720. The van der Waals surface area contributed by atoms with Crippen LogP contribution in [-0.2, 0) is 16.0 Å². The first-order chi connectivity index (χ1) is 14.2. The molecule has 0 aliphatic heterocycles. The molecule has 0 radical (unpaired) electrons. The van der Waals surface area contributed by atoms with Crippen LogP contribution >= 0.6 is 15.9 Å². The number of hydrogen-bond acceptors (Lipinski definition) is 5. The standard InChI is InChI=1S/C23H23BrFN3O2/c1-23(2,3)30-22(29)18(13-15-9-11-17(25)12-10-15)28-21-20(24)27-19(14-26-21)16-7-5-4-6-8-16/h4-12,14,18H,13H2,1-3H3,(H,26,28). The van der Waals surface area contributed by atoms with Crippen LogP contribution in [0.5, 0.6) is 0 Å². The van der Waals surface area contributed by atoms with E-state index >= 15 is 0 Å². The van der Waals surface area contributed by atoms with E-state index in [1.54, 1.807) is 18.3 Å². The van der Waals surface area contributed by atoms with Crippen molar-refractivity contribution in [1.82, 2.24) is 9.97 Å². The number of carbonyl (C=O) groups is 1. The predicted octanol–water partition coefficient (Wildman–Crippen LogP) is 5.41. The number of hydrogen-bond donors (Lipinski definition) is 1. The van der Waals surface area contributed by atoms with Gasteiger partial charge in [-0.05, 0) is 54.4 Å². The SMILES string of the molecule is CC(C)(C)OC(=O)C(Cc1ccc(F)cc1)Nc1ncc(-c2ccccc2)nc1Br. The third-order valence-corrected chi connectivity index (χ3v) is 4.71. The summed E-state index contributed by atoms with van der Waals surface area (Å²) in [6.07, 6.45) is 1.95. The molecule has 0 bridgehead atoms. The number of halogens is 2. The molecular formula is C23H23BrFN3O2. The second-order valence-electron chi connectivity index (χ2n) is 7.82. The van der Waals surface area contributed by atoms with Crippen molar-refractivity contribution in [3.63, 3.8) is 0 Å². The van der Waals surface area contributed by atoms with Gasteiger partial charge in [0.05, 0.1) is 11.9 Å². The molecule has 0 fully saturated rings. The second kappa shape index (κ2) is 9.34. The number of nitrogens with zero attached hydrogens (tertiary/aromatic N) is 2. The molecule has 30 heavy (non-hydrogen) atoms. The van der Waals surface area contributed by atoms with Crippen LogP contribution < -0.4 is 5.32 Å². The molecular weight excluding hydrogens is 449 g/mol. The van der Waals surface area contributed by atoms with Gasteiger partial charge in [-0.15, -0.1) is 0 Å². The van der Waals surface area contributed by atoms with Gasteiger partial charge in [-0.3, -0.25) is 0 Å². The van der Waals surface area contributed by atoms with Crippen molar-refractivity contribution < 1.29 is 13.9 Å². The van der Waals surface area contributed by atoms with Crippen molar-refractivity contribution in [3.8, 4) is 11.3 Å². The molecule has 3 rings (SSSR count). The highest BCUT2D eigenvalue weighted by Gasteiger charge is 2.26. The van der Waals surface area contributed by atoms with Crippen LogP contribution in [-0.4, -0.2) is 27.6 Å². The zero-order valence-corrected chi connectivity index (χ0v) is 18.6. The number of carbonyl (C=O) groups excluding carboxylic acids is 1. The Balaban J connectivity index is 1.84. The molecule has 0 spiro atoms. The fourth-order valence-corrected chi connectivity index (χ4v) is 3.21. The molecule has 2 aromatic carbocycles. The number of benzene rings is 2. The molecule has 0 amide bonds. The number of rotatable bonds is 6. The third kappa shape index (κ3) is 6.10. The molecule has 0 saturated carbocycles. The summed E-state index contributed by atoms with van der Waals surface area (Å²) in [5.41, 5.74) is 1.80. The van der Waals surface area contributed by atoms with Gasteiger partial charge in [0, 0.05) is 12.0 Å². The highest BCUT2D eigenvalue weighted by molar-refractivity contribution is 9.10. The quantitative estimate of drug-likeness (QED) is 0.486. The van der Waals surface area contributed by atoms with Crippen LogP contribution in [0.4, 0.5) is 10.2 Å². The lowest BCUT2D eigenvalue weighted by atomic mass is 10.1. The fraction of sp³-hybridized carbons (Fsp3) is 0.261. The molecule has 0 aliphatic rings. The van der Waals surface area contributed by atoms with E-state index in [0.29, 0.717) is 22.5 Å². The Kier molecular flexibility index (Phi) is 6.82. The van der Waals surface area contributed by atoms with Gasteiger partial charge in [-0.2, -0.15) is 0 Å². The zero-order chi connectivity index (χ0) is 21.7. The highest BCUT2D eigenvalue weighted by atomic mass is 79.9. The van der Waals surface area contributed by atoms with Crippen LogP contribution in [0, 0.1) is 5.82 Å². The summed E-state index contributed by atoms with van der Waals surface area (Å²) in [6.45, 7) is 5.43. The van der Waals surface area contributed by atoms with E-state index in [-0.39, 0.29) is 5.82 Å². The molecule has 0 aliphatic carbocycles. The zero-order valence-electron chi connectivity index (χ0n) is 17.0. The summed E-state index contributed by atoms with van der Waals surface area (Å²) >= 11 is 3.44. The number of aromatic nitrogens is 2. The summed E-state index contributed by atoms with van der Waals surface area (Å²) in [4.78, 5) is 21.8. The summed E-state index contributed by atoms with van der Waals surface area (Å²) < 4.78 is 19.3. The van der Waals surface area contributed by atoms with E-state index in [4.69, 9.17) is 4.74 Å². The number of nitrogens with one attached hydrogen (secondary N) is 1. The molecule has 1 N–H and O–H groups in total. The largest absolute Gasteiger partial charge is 0.458 e. The summed E-state index contributed by atoms with van der Waals surface area (Å²) in [7, 11) is 0. The smallest absolute Gasteiger partial charge is 0.329 e. The van der Waals surface area contributed by atoms with Crippen LogP contribution in [0.1, 0.15) is 26.3 Å². The molecule has 3 aromatic rings. The maximum atomic E-state index is 13.3. The van der Waals surface area contributed by atoms with Gasteiger partial charge in [-0.1, -0.05) is 42.5 Å². The van der Waals surface area contributed by atoms with E-state index in [9.17, 15) is 9.18 Å². The van der Waals surface area contributed by atoms with Gasteiger partial charge in [0.1, 0.15) is 22.1 Å². The normalized spacial score (nSPS) is 12.3. The summed E-state index contributed by atoms with van der Waals surface area (Å²) in [6, 6.07) is 15.0. The average Bonchev–Trinajstić information content (AvgIpc) is 2.69. The Morgan fingerprint density at radius 2 is 1.80 bits per heavy atom. The molecule has 1 atom stereocenters. The Morgan fingerprint density at radius 3 is 2.40 bits per heavy atom. The Bertz CT molecular complexity index is 1010. The predicted molar refractivity (Wildman–Crippen MR) is 119 cm³/mol. The van der Waals surface area contributed by atoms with Crippen molar-refractivity contribution in [3.05, 3.63) is 76.8 Å². The van der Waals surface area contributed by atoms with E-state index in [2.05, 4.69) is 31.2 Å². The van der Waals surface area contributed by atoms with Crippen molar-refractivity contribution >= 4 is 27.7 Å². The lowest BCUT2D eigenvalue weighted by Crippen LogP contribution is -2.38. The first-order valence-electron chi connectivity index (χ1n) is 9.53. The monoisotopic (exact) mass is 471 g/mol. The van der Waals surface area contributed by atoms with Gasteiger partial charge < -0.3 is 10.1 Å². The van der Waals surface area contributed by atoms with Gasteiger partial charge >= 0.3 is 5.97 Å². The molecule has 1 unspecified atom stereocenters. The van der Waals surface area contributed by atoms with Crippen molar-refractivity contribution in [2.75, 3.05) is 5.32 Å². The van der Waals surface area contributed by atoms with Crippen LogP contribution in [0.2, 0.25) is 0 Å². The highest BCUT2D eigenvalue weighted by Crippen LogP contribution is 2.24. The molecule has 0 saturated heterocycles. The van der Waals surface area contributed by atoms with E-state index in [1.165, 1.54) is 12.1 Å². The van der Waals surface area contributed by atoms with Gasteiger partial charge in [0.25, 0.3) is 0 Å². The first kappa shape index (κ1) is 21.9. The van der Waals surface area contributed by atoms with E-state index < -0.39 is 17.6 Å². The first-order valence-corrected chi connectivity index (χ1v) is 10.3. The van der Waals surface area contributed by atoms with Gasteiger partial charge in [0.15, 0.2) is 5.82 Å². The number of anilines is 1. The van der Waals surface area contributed by atoms with Gasteiger partial charge in [0.2, 0.25) is 0 Å². The van der Waals surface area contributed by atoms with Crippen molar-refractivity contribution in [2.24, 2.45) is 0 Å². The van der Waals surface area contributed by atoms with Crippen molar-refractivity contribution in [1.29, 1.82) is 0 Å². The lowest BCUT2D eigenvalue weighted by Gasteiger charge is -2.25. The molecule has 156 valence electrons. The minimum Gasteiger partial charge on any atom is -0.458 e. The number of ether oxygens (including phenoxy) is 1. The van der Waals surface area contributed by atoms with Crippen LogP contribution in [0.25, 0.3) is 11.3 Å². The van der Waals surface area contributed by atoms with Crippen LogP contribution in [0.3, 0.4) is 0 Å². The Morgan fingerprint density at radius 1 is 1.13 bits per heavy atom. The maximum absolute atomic E-state index is 13.3. The Hall–Kier alpha value is -2.80.